The van der Waals surface area contributed by atoms with Gasteiger partial charge in [-0.15, -0.1) is 0 Å². The number of nitrogens with one attached hydrogen (secondary N) is 2. The Labute approximate surface area is 147 Å². The van der Waals surface area contributed by atoms with Crippen LogP contribution in [0, 0.1) is 5.92 Å². The number of carboxylic acid groups (broad SMARTS) is 1. The summed E-state index contributed by atoms with van der Waals surface area (Å²) in [6.45, 7) is 0. The molecule has 2 aliphatic rings. The molecule has 1 aromatic rings. The van der Waals surface area contributed by atoms with Crippen molar-refractivity contribution in [2.75, 3.05) is 5.32 Å². The van der Waals surface area contributed by atoms with Crippen molar-refractivity contribution >= 4 is 23.5 Å². The van der Waals surface area contributed by atoms with E-state index in [0.717, 1.165) is 31.4 Å². The van der Waals surface area contributed by atoms with Crippen molar-refractivity contribution in [3.63, 3.8) is 0 Å². The third-order valence-corrected chi connectivity index (χ3v) is 5.27. The molecule has 1 aliphatic carbocycles. The largest absolute Gasteiger partial charge is 0.481 e. The lowest BCUT2D eigenvalue weighted by atomic mass is 9.77. The second-order valence-corrected chi connectivity index (χ2v) is 7.09. The van der Waals surface area contributed by atoms with Crippen molar-refractivity contribution in [1.82, 2.24) is 5.32 Å². The molecule has 6 nitrogen and oxygen atoms in total. The fourth-order valence-corrected chi connectivity index (χ4v) is 3.83. The molecule has 1 atom stereocenters. The fraction of sp³-hybridized carbons (Fsp3) is 0.526. The number of aliphatic carboxylic acids is 1. The van der Waals surface area contributed by atoms with Crippen molar-refractivity contribution in [2.45, 2.75) is 56.9 Å². The van der Waals surface area contributed by atoms with E-state index in [0.29, 0.717) is 24.7 Å². The highest BCUT2D eigenvalue weighted by Crippen LogP contribution is 2.37. The molecule has 1 unspecified atom stereocenters. The maximum atomic E-state index is 11.8. The lowest BCUT2D eigenvalue weighted by Gasteiger charge is -2.28. The van der Waals surface area contributed by atoms with Gasteiger partial charge in [0, 0.05) is 18.5 Å². The summed E-state index contributed by atoms with van der Waals surface area (Å²) in [6.07, 6.45) is 5.14. The first-order chi connectivity index (χ1) is 12.0. The van der Waals surface area contributed by atoms with Crippen LogP contribution in [-0.2, 0) is 14.4 Å². The number of piperidine rings is 1. The maximum absolute atomic E-state index is 11.8. The minimum Gasteiger partial charge on any atom is -0.481 e. The highest BCUT2D eigenvalue weighted by atomic mass is 16.4. The summed E-state index contributed by atoms with van der Waals surface area (Å²) in [5.74, 6) is -0.391. The Morgan fingerprint density at radius 3 is 2.36 bits per heavy atom. The molecule has 3 rings (SSSR count). The summed E-state index contributed by atoms with van der Waals surface area (Å²) in [4.78, 5) is 33.8. The van der Waals surface area contributed by atoms with Gasteiger partial charge in [0.2, 0.25) is 11.8 Å². The lowest BCUT2D eigenvalue weighted by molar-refractivity contribution is -0.138. The molecule has 1 heterocycles. The Balaban J connectivity index is 1.53. The van der Waals surface area contributed by atoms with E-state index in [2.05, 4.69) is 22.8 Å². The minimum absolute atomic E-state index is 0.211. The van der Waals surface area contributed by atoms with E-state index >= 15 is 0 Å². The van der Waals surface area contributed by atoms with Gasteiger partial charge in [0.1, 0.15) is 6.04 Å². The number of carbonyl (C=O) groups is 3. The van der Waals surface area contributed by atoms with Gasteiger partial charge in [-0.2, -0.15) is 0 Å². The fourth-order valence-electron chi connectivity index (χ4n) is 3.83. The number of anilines is 1. The SMILES string of the molecule is O=C(O)CC1CCC(c2ccc(NC3CCC(=O)NC3=O)cc2)CC1. The Morgan fingerprint density at radius 1 is 1.08 bits per heavy atom. The molecule has 6 heteroatoms. The highest BCUT2D eigenvalue weighted by Gasteiger charge is 2.27. The predicted octanol–water partition coefficient (Wildman–Crippen LogP) is 2.65. The van der Waals surface area contributed by atoms with E-state index in [1.165, 1.54) is 5.56 Å². The first-order valence-electron chi connectivity index (χ1n) is 8.93. The maximum Gasteiger partial charge on any atom is 0.303 e. The number of imide groups is 1. The number of benzene rings is 1. The van der Waals surface area contributed by atoms with Crippen molar-refractivity contribution < 1.29 is 19.5 Å². The minimum atomic E-state index is -0.702. The first kappa shape index (κ1) is 17.5. The molecule has 1 saturated carbocycles. The Morgan fingerprint density at radius 2 is 1.76 bits per heavy atom. The van der Waals surface area contributed by atoms with Crippen LogP contribution in [0.4, 0.5) is 5.69 Å². The van der Waals surface area contributed by atoms with E-state index in [1.54, 1.807) is 0 Å². The van der Waals surface area contributed by atoms with E-state index < -0.39 is 5.97 Å². The van der Waals surface area contributed by atoms with Crippen molar-refractivity contribution in [3.05, 3.63) is 29.8 Å². The molecular formula is C19H24N2O4. The Kier molecular flexibility index (Phi) is 5.36. The third kappa shape index (κ3) is 4.59. The molecule has 0 aromatic heterocycles. The molecule has 1 aliphatic heterocycles. The number of amides is 2. The van der Waals surface area contributed by atoms with Crippen molar-refractivity contribution in [3.8, 4) is 0 Å². The summed E-state index contributed by atoms with van der Waals surface area (Å²) in [5.41, 5.74) is 2.14. The van der Waals surface area contributed by atoms with Crippen LogP contribution in [0.1, 0.15) is 56.4 Å². The van der Waals surface area contributed by atoms with Gasteiger partial charge in [-0.05, 0) is 61.6 Å². The van der Waals surface area contributed by atoms with Crippen LogP contribution in [0.15, 0.2) is 24.3 Å². The van der Waals surface area contributed by atoms with E-state index in [-0.39, 0.29) is 24.3 Å². The zero-order chi connectivity index (χ0) is 17.8. The van der Waals surface area contributed by atoms with Crippen molar-refractivity contribution in [2.24, 2.45) is 5.92 Å². The molecule has 3 N–H and O–H groups in total. The quantitative estimate of drug-likeness (QED) is 0.714. The molecular weight excluding hydrogens is 320 g/mol. The molecule has 1 saturated heterocycles. The second kappa shape index (κ2) is 7.68. The zero-order valence-corrected chi connectivity index (χ0v) is 14.2. The summed E-state index contributed by atoms with van der Waals surface area (Å²) in [6, 6.07) is 7.74. The monoisotopic (exact) mass is 344 g/mol. The van der Waals surface area contributed by atoms with E-state index in [1.807, 2.05) is 12.1 Å². The van der Waals surface area contributed by atoms with Gasteiger partial charge in [0.05, 0.1) is 0 Å². The zero-order valence-electron chi connectivity index (χ0n) is 14.2. The number of carboxylic acids is 1. The number of hydrogen-bond donors (Lipinski definition) is 3. The number of rotatable bonds is 5. The van der Waals surface area contributed by atoms with Gasteiger partial charge in [0.15, 0.2) is 0 Å². The van der Waals surface area contributed by atoms with Crippen LogP contribution >= 0.6 is 0 Å². The van der Waals surface area contributed by atoms with Gasteiger partial charge < -0.3 is 10.4 Å². The summed E-state index contributed by atoms with van der Waals surface area (Å²) >= 11 is 0. The van der Waals surface area contributed by atoms with Gasteiger partial charge in [0.25, 0.3) is 0 Å². The van der Waals surface area contributed by atoms with Gasteiger partial charge in [-0.25, -0.2) is 0 Å². The normalized spacial score (nSPS) is 26.8. The first-order valence-corrected chi connectivity index (χ1v) is 8.93. The number of carbonyl (C=O) groups excluding carboxylic acids is 2. The molecule has 0 bridgehead atoms. The third-order valence-electron chi connectivity index (χ3n) is 5.27. The van der Waals surface area contributed by atoms with E-state index in [9.17, 15) is 14.4 Å². The van der Waals surface area contributed by atoms with Crippen LogP contribution in [0.25, 0.3) is 0 Å². The molecule has 2 amide bonds. The summed E-state index contributed by atoms with van der Waals surface area (Å²) < 4.78 is 0. The summed E-state index contributed by atoms with van der Waals surface area (Å²) in [7, 11) is 0. The standard InChI is InChI=1S/C19H24N2O4/c22-17-10-9-16(19(25)21-17)20-15-7-5-14(6-8-15)13-3-1-12(2-4-13)11-18(23)24/h5-8,12-13,16,20H,1-4,9-11H2,(H,23,24)(H,21,22,25). The molecule has 2 fully saturated rings. The van der Waals surface area contributed by atoms with Gasteiger partial charge >= 0.3 is 5.97 Å². The van der Waals surface area contributed by atoms with Crippen LogP contribution in [-0.4, -0.2) is 28.9 Å². The van der Waals surface area contributed by atoms with Crippen molar-refractivity contribution in [1.29, 1.82) is 0 Å². The molecule has 0 spiro atoms. The topological polar surface area (TPSA) is 95.5 Å². The van der Waals surface area contributed by atoms with E-state index in [4.69, 9.17) is 5.11 Å². The number of hydrogen-bond acceptors (Lipinski definition) is 4. The highest BCUT2D eigenvalue weighted by molar-refractivity contribution is 6.01. The predicted molar refractivity (Wildman–Crippen MR) is 93.2 cm³/mol. The second-order valence-electron chi connectivity index (χ2n) is 7.09. The Bertz CT molecular complexity index is 648. The molecule has 134 valence electrons. The van der Waals surface area contributed by atoms with Crippen LogP contribution < -0.4 is 10.6 Å². The average Bonchev–Trinajstić information content (AvgIpc) is 2.58. The average molecular weight is 344 g/mol. The molecule has 25 heavy (non-hydrogen) atoms. The smallest absolute Gasteiger partial charge is 0.303 e. The molecule has 0 radical (unpaired) electrons. The van der Waals surface area contributed by atoms with Crippen LogP contribution in [0.3, 0.4) is 0 Å². The van der Waals surface area contributed by atoms with Crippen LogP contribution in [0.5, 0.6) is 0 Å². The lowest BCUT2D eigenvalue weighted by Crippen LogP contribution is -2.47. The molecule has 1 aromatic carbocycles. The van der Waals surface area contributed by atoms with Gasteiger partial charge in [-0.3, -0.25) is 19.7 Å². The van der Waals surface area contributed by atoms with Crippen LogP contribution in [0.2, 0.25) is 0 Å². The Hall–Kier alpha value is -2.37. The summed E-state index contributed by atoms with van der Waals surface area (Å²) in [5, 5.41) is 14.4. The van der Waals surface area contributed by atoms with Gasteiger partial charge in [-0.1, -0.05) is 12.1 Å².